The lowest BCUT2D eigenvalue weighted by atomic mass is 10.1. The van der Waals surface area contributed by atoms with E-state index in [2.05, 4.69) is 5.10 Å². The molecule has 2 N–H and O–H groups in total. The van der Waals surface area contributed by atoms with Crippen molar-refractivity contribution in [2.45, 2.75) is 39.8 Å². The third-order valence-electron chi connectivity index (χ3n) is 3.26. The quantitative estimate of drug-likeness (QED) is 0.922. The molecule has 0 spiro atoms. The van der Waals surface area contributed by atoms with Gasteiger partial charge in [-0.25, -0.2) is 9.48 Å². The summed E-state index contributed by atoms with van der Waals surface area (Å²) in [6.45, 7) is 8.04. The Balaban J connectivity index is 2.34. The Morgan fingerprint density at radius 2 is 1.81 bits per heavy atom. The smallest absolute Gasteiger partial charge is 0.346 e. The molecule has 0 saturated heterocycles. The molecule has 1 aromatic carbocycles. The summed E-state index contributed by atoms with van der Waals surface area (Å²) in [4.78, 5) is 23.5. The third kappa shape index (κ3) is 3.04. The van der Waals surface area contributed by atoms with Crippen LogP contribution in [0.3, 0.4) is 0 Å². The van der Waals surface area contributed by atoms with Crippen LogP contribution in [-0.2, 0) is 12.1 Å². The number of aromatic nitrogens is 3. The summed E-state index contributed by atoms with van der Waals surface area (Å²) in [6, 6.07) is 6.90. The van der Waals surface area contributed by atoms with Crippen LogP contribution in [0.2, 0.25) is 0 Å². The molecule has 0 radical (unpaired) electrons. The third-order valence-corrected chi connectivity index (χ3v) is 3.26. The molecule has 1 amide bonds. The van der Waals surface area contributed by atoms with Gasteiger partial charge in [-0.3, -0.25) is 9.36 Å². The summed E-state index contributed by atoms with van der Waals surface area (Å²) in [5, 5.41) is 4.32. The first-order valence-corrected chi connectivity index (χ1v) is 6.76. The standard InChI is InChI=1S/C15H20N4O2/c1-10-17-19(15(2,3)4)14(21)18(10)9-11-5-7-12(8-6-11)13(16)20/h5-8H,9H2,1-4H3,(H2,16,20). The molecule has 1 heterocycles. The summed E-state index contributed by atoms with van der Waals surface area (Å²) in [6.07, 6.45) is 0. The van der Waals surface area contributed by atoms with Gasteiger partial charge in [0.15, 0.2) is 0 Å². The number of hydrogen-bond acceptors (Lipinski definition) is 3. The SMILES string of the molecule is Cc1nn(C(C)(C)C)c(=O)n1Cc1ccc(C(N)=O)cc1. The second-order valence-electron chi connectivity index (χ2n) is 6.06. The Morgan fingerprint density at radius 3 is 2.24 bits per heavy atom. The van der Waals surface area contributed by atoms with Gasteiger partial charge in [-0.15, -0.1) is 0 Å². The summed E-state index contributed by atoms with van der Waals surface area (Å²) >= 11 is 0. The zero-order valence-electron chi connectivity index (χ0n) is 12.8. The Bertz CT molecular complexity index is 718. The highest BCUT2D eigenvalue weighted by Crippen LogP contribution is 2.11. The van der Waals surface area contributed by atoms with Gasteiger partial charge in [-0.1, -0.05) is 12.1 Å². The highest BCUT2D eigenvalue weighted by Gasteiger charge is 2.20. The van der Waals surface area contributed by atoms with E-state index in [-0.39, 0.29) is 11.2 Å². The molecule has 0 fully saturated rings. The lowest BCUT2D eigenvalue weighted by molar-refractivity contribution is 0.100. The Kier molecular flexibility index (Phi) is 3.72. The van der Waals surface area contributed by atoms with E-state index in [1.54, 1.807) is 35.8 Å². The number of carbonyl (C=O) groups is 1. The lowest BCUT2D eigenvalue weighted by Crippen LogP contribution is -2.35. The minimum atomic E-state index is -0.463. The fraction of sp³-hybridized carbons (Fsp3) is 0.400. The maximum atomic E-state index is 12.4. The topological polar surface area (TPSA) is 82.9 Å². The molecular weight excluding hydrogens is 268 g/mol. The molecule has 21 heavy (non-hydrogen) atoms. The maximum absolute atomic E-state index is 12.4. The van der Waals surface area contributed by atoms with Crippen LogP contribution in [0, 0.1) is 6.92 Å². The number of carbonyl (C=O) groups excluding carboxylic acids is 1. The second-order valence-corrected chi connectivity index (χ2v) is 6.06. The first-order chi connectivity index (χ1) is 9.70. The number of nitrogens with zero attached hydrogens (tertiary/aromatic N) is 3. The minimum absolute atomic E-state index is 0.140. The van der Waals surface area contributed by atoms with Gasteiger partial charge in [-0.05, 0) is 45.4 Å². The van der Waals surface area contributed by atoms with Crippen molar-refractivity contribution in [1.82, 2.24) is 14.3 Å². The Hall–Kier alpha value is -2.37. The van der Waals surface area contributed by atoms with Crippen LogP contribution in [0.4, 0.5) is 0 Å². The van der Waals surface area contributed by atoms with E-state index >= 15 is 0 Å². The summed E-state index contributed by atoms with van der Waals surface area (Å²) in [5.41, 5.74) is 6.08. The van der Waals surface area contributed by atoms with E-state index in [9.17, 15) is 9.59 Å². The Morgan fingerprint density at radius 1 is 1.24 bits per heavy atom. The van der Waals surface area contributed by atoms with Gasteiger partial charge in [0.05, 0.1) is 12.1 Å². The molecule has 0 aliphatic carbocycles. The van der Waals surface area contributed by atoms with Crippen molar-refractivity contribution in [2.24, 2.45) is 5.73 Å². The van der Waals surface area contributed by atoms with Gasteiger partial charge < -0.3 is 5.73 Å². The van der Waals surface area contributed by atoms with Gasteiger partial charge in [0.1, 0.15) is 5.82 Å². The minimum Gasteiger partial charge on any atom is -0.366 e. The van der Waals surface area contributed by atoms with Gasteiger partial charge in [0.25, 0.3) is 0 Å². The fourth-order valence-corrected chi connectivity index (χ4v) is 2.07. The fourth-order valence-electron chi connectivity index (χ4n) is 2.07. The first kappa shape index (κ1) is 15.0. The highest BCUT2D eigenvalue weighted by atomic mass is 16.2. The van der Waals surface area contributed by atoms with E-state index in [0.717, 1.165) is 5.56 Å². The van der Waals surface area contributed by atoms with E-state index in [1.807, 2.05) is 20.8 Å². The van der Waals surface area contributed by atoms with Crippen molar-refractivity contribution in [3.05, 3.63) is 51.7 Å². The molecule has 0 bridgehead atoms. The van der Waals surface area contributed by atoms with Gasteiger partial charge in [0.2, 0.25) is 5.91 Å². The zero-order chi connectivity index (χ0) is 15.8. The van der Waals surface area contributed by atoms with E-state index in [0.29, 0.717) is 17.9 Å². The van der Waals surface area contributed by atoms with Crippen molar-refractivity contribution in [3.63, 3.8) is 0 Å². The molecule has 2 rings (SSSR count). The summed E-state index contributed by atoms with van der Waals surface area (Å²) in [5.74, 6) is 0.198. The lowest BCUT2D eigenvalue weighted by Gasteiger charge is -2.16. The van der Waals surface area contributed by atoms with Crippen LogP contribution < -0.4 is 11.4 Å². The Labute approximate surface area is 123 Å². The van der Waals surface area contributed by atoms with Crippen molar-refractivity contribution in [1.29, 1.82) is 0 Å². The number of nitrogens with two attached hydrogens (primary N) is 1. The maximum Gasteiger partial charge on any atom is 0.346 e. The predicted octanol–water partition coefficient (Wildman–Crippen LogP) is 1.26. The zero-order valence-corrected chi connectivity index (χ0v) is 12.8. The number of hydrogen-bond donors (Lipinski definition) is 1. The molecule has 112 valence electrons. The average Bonchev–Trinajstić information content (AvgIpc) is 2.67. The number of benzene rings is 1. The van der Waals surface area contributed by atoms with Gasteiger partial charge in [0, 0.05) is 5.56 Å². The van der Waals surface area contributed by atoms with Crippen LogP contribution in [0.5, 0.6) is 0 Å². The van der Waals surface area contributed by atoms with E-state index in [4.69, 9.17) is 5.73 Å². The van der Waals surface area contributed by atoms with E-state index < -0.39 is 5.91 Å². The van der Waals surface area contributed by atoms with Crippen molar-refractivity contribution >= 4 is 5.91 Å². The summed E-state index contributed by atoms with van der Waals surface area (Å²) in [7, 11) is 0. The van der Waals surface area contributed by atoms with Gasteiger partial charge >= 0.3 is 5.69 Å². The van der Waals surface area contributed by atoms with Crippen LogP contribution in [0.1, 0.15) is 42.5 Å². The average molecular weight is 288 g/mol. The monoisotopic (exact) mass is 288 g/mol. The van der Waals surface area contributed by atoms with Crippen molar-refractivity contribution in [2.75, 3.05) is 0 Å². The normalized spacial score (nSPS) is 11.6. The van der Waals surface area contributed by atoms with Crippen LogP contribution in [0.15, 0.2) is 29.1 Å². The van der Waals surface area contributed by atoms with E-state index in [1.165, 1.54) is 4.68 Å². The highest BCUT2D eigenvalue weighted by molar-refractivity contribution is 5.92. The van der Waals surface area contributed by atoms with Crippen LogP contribution >= 0.6 is 0 Å². The molecule has 0 atom stereocenters. The largest absolute Gasteiger partial charge is 0.366 e. The number of aryl methyl sites for hydroxylation is 1. The molecule has 2 aromatic rings. The summed E-state index contributed by atoms with van der Waals surface area (Å²) < 4.78 is 3.10. The number of rotatable bonds is 3. The van der Waals surface area contributed by atoms with Crippen LogP contribution in [0.25, 0.3) is 0 Å². The first-order valence-electron chi connectivity index (χ1n) is 6.76. The molecule has 6 heteroatoms. The van der Waals surface area contributed by atoms with Crippen LogP contribution in [-0.4, -0.2) is 20.3 Å². The van der Waals surface area contributed by atoms with Crippen molar-refractivity contribution in [3.8, 4) is 0 Å². The van der Waals surface area contributed by atoms with Gasteiger partial charge in [-0.2, -0.15) is 5.10 Å². The molecule has 0 aliphatic heterocycles. The molecule has 0 aliphatic rings. The molecule has 0 saturated carbocycles. The molecule has 1 aromatic heterocycles. The predicted molar refractivity (Wildman–Crippen MR) is 80.3 cm³/mol. The molecular formula is C15H20N4O2. The molecule has 0 unspecified atom stereocenters. The molecule has 6 nitrogen and oxygen atoms in total. The number of primary amides is 1. The van der Waals surface area contributed by atoms with Crippen molar-refractivity contribution < 1.29 is 4.79 Å². The number of amides is 1. The second kappa shape index (κ2) is 5.20.